The van der Waals surface area contributed by atoms with Crippen LogP contribution in [0, 0.1) is 0 Å². The third kappa shape index (κ3) is 6.54. The molecule has 0 fully saturated rings. The van der Waals surface area contributed by atoms with Crippen LogP contribution in [-0.2, 0) is 14.3 Å². The maximum absolute atomic E-state index is 10.6. The molecule has 0 aromatic heterocycles. The first-order chi connectivity index (χ1) is 5.66. The largest absolute Gasteiger partial charge is 0.545 e. The van der Waals surface area contributed by atoms with Gasteiger partial charge in [-0.2, -0.15) is 0 Å². The fourth-order valence-corrected chi connectivity index (χ4v) is 0.459. The first-order valence-corrected chi connectivity index (χ1v) is 3.39. The van der Waals surface area contributed by atoms with Crippen molar-refractivity contribution < 1.29 is 19.4 Å². The van der Waals surface area contributed by atoms with Gasteiger partial charge in [0.15, 0.2) is 0 Å². The van der Waals surface area contributed by atoms with Crippen LogP contribution in [0.1, 0.15) is 6.92 Å². The van der Waals surface area contributed by atoms with E-state index in [1.807, 2.05) is 0 Å². The van der Waals surface area contributed by atoms with Crippen LogP contribution >= 0.6 is 0 Å². The second kappa shape index (κ2) is 6.15. The fraction of sp³-hybridized carbons (Fsp3) is 0.250. The number of carboxylic acid groups (broad SMARTS) is 1. The van der Waals surface area contributed by atoms with Gasteiger partial charge in [-0.15, -0.1) is 0 Å². The minimum Gasteiger partial charge on any atom is -0.545 e. The highest BCUT2D eigenvalue weighted by atomic mass is 16.5. The minimum atomic E-state index is -1.30. The van der Waals surface area contributed by atoms with Crippen LogP contribution < -0.4 is 5.11 Å². The van der Waals surface area contributed by atoms with Gasteiger partial charge in [0.1, 0.15) is 0 Å². The van der Waals surface area contributed by atoms with Crippen molar-refractivity contribution >= 4 is 11.9 Å². The molecule has 12 heavy (non-hydrogen) atoms. The van der Waals surface area contributed by atoms with E-state index in [1.165, 1.54) is 12.2 Å². The number of rotatable bonds is 4. The van der Waals surface area contributed by atoms with Gasteiger partial charge in [0.25, 0.3) is 0 Å². The molecule has 0 heterocycles. The number of allylic oxidation sites excluding steroid dienone is 2. The van der Waals surface area contributed by atoms with E-state index < -0.39 is 11.9 Å². The Kier molecular flexibility index (Phi) is 5.34. The lowest BCUT2D eigenvalue weighted by Crippen LogP contribution is -2.18. The predicted octanol–water partition coefficient (Wildman–Crippen LogP) is -0.588. The van der Waals surface area contributed by atoms with E-state index in [9.17, 15) is 14.7 Å². The lowest BCUT2D eigenvalue weighted by Gasteiger charge is -1.92. The summed E-state index contributed by atoms with van der Waals surface area (Å²) >= 11 is 0. The van der Waals surface area contributed by atoms with Crippen molar-refractivity contribution in [3.05, 3.63) is 24.3 Å². The Bertz CT molecular complexity index is 215. The average Bonchev–Trinajstić information content (AvgIpc) is 1.98. The zero-order valence-electron chi connectivity index (χ0n) is 6.65. The Balaban J connectivity index is 3.75. The van der Waals surface area contributed by atoms with Crippen LogP contribution in [0.5, 0.6) is 0 Å². The van der Waals surface area contributed by atoms with Gasteiger partial charge in [0.05, 0.1) is 12.6 Å². The van der Waals surface area contributed by atoms with Crippen molar-refractivity contribution in [3.8, 4) is 0 Å². The van der Waals surface area contributed by atoms with E-state index >= 15 is 0 Å². The molecule has 0 aromatic rings. The van der Waals surface area contributed by atoms with Crippen molar-refractivity contribution in [2.75, 3.05) is 6.61 Å². The molecule has 0 radical (unpaired) electrons. The van der Waals surface area contributed by atoms with E-state index in [2.05, 4.69) is 4.74 Å². The van der Waals surface area contributed by atoms with Gasteiger partial charge < -0.3 is 14.6 Å². The number of hydrogen-bond donors (Lipinski definition) is 0. The molecule has 0 spiro atoms. The fourth-order valence-electron chi connectivity index (χ4n) is 0.459. The van der Waals surface area contributed by atoms with Crippen LogP contribution in [-0.4, -0.2) is 18.5 Å². The van der Waals surface area contributed by atoms with Gasteiger partial charge in [-0.25, -0.2) is 4.79 Å². The third-order valence-electron chi connectivity index (χ3n) is 0.862. The Labute approximate surface area is 70.1 Å². The lowest BCUT2D eigenvalue weighted by atomic mass is 10.4. The van der Waals surface area contributed by atoms with Gasteiger partial charge in [-0.05, 0) is 13.0 Å². The Morgan fingerprint density at radius 2 is 1.92 bits per heavy atom. The van der Waals surface area contributed by atoms with E-state index in [1.54, 1.807) is 6.92 Å². The predicted molar refractivity (Wildman–Crippen MR) is 39.9 cm³/mol. The summed E-state index contributed by atoms with van der Waals surface area (Å²) in [6.45, 7) is 1.98. The average molecular weight is 169 g/mol. The second-order valence-corrected chi connectivity index (χ2v) is 1.79. The van der Waals surface area contributed by atoms with Crippen LogP contribution in [0.2, 0.25) is 0 Å². The molecular formula is C8H9O4-. The summed E-state index contributed by atoms with van der Waals surface area (Å²) in [6, 6.07) is 0. The summed E-state index contributed by atoms with van der Waals surface area (Å²) in [6.07, 6.45) is 4.40. The molecule has 0 amide bonds. The normalized spacial score (nSPS) is 10.8. The van der Waals surface area contributed by atoms with E-state index in [4.69, 9.17) is 0 Å². The third-order valence-corrected chi connectivity index (χ3v) is 0.862. The van der Waals surface area contributed by atoms with Gasteiger partial charge in [0, 0.05) is 6.08 Å². The number of carbonyl (C=O) groups excluding carboxylic acids is 2. The Morgan fingerprint density at radius 3 is 2.42 bits per heavy atom. The molecule has 0 bridgehead atoms. The summed E-state index contributed by atoms with van der Waals surface area (Å²) in [5.74, 6) is -1.80. The maximum Gasteiger partial charge on any atom is 0.330 e. The van der Waals surface area contributed by atoms with Crippen molar-refractivity contribution in [3.63, 3.8) is 0 Å². The van der Waals surface area contributed by atoms with Crippen molar-refractivity contribution in [2.45, 2.75) is 6.92 Å². The molecule has 66 valence electrons. The molecule has 0 rings (SSSR count). The molecule has 4 nitrogen and oxygen atoms in total. The molecule has 0 atom stereocenters. The number of carboxylic acids is 1. The van der Waals surface area contributed by atoms with E-state index in [-0.39, 0.29) is 0 Å². The zero-order chi connectivity index (χ0) is 9.40. The molecule has 0 aliphatic heterocycles. The minimum absolute atomic E-state index is 0.299. The number of esters is 1. The zero-order valence-corrected chi connectivity index (χ0v) is 6.65. The van der Waals surface area contributed by atoms with E-state index in [0.29, 0.717) is 6.61 Å². The number of carbonyl (C=O) groups is 2. The maximum atomic E-state index is 10.6. The molecular weight excluding hydrogens is 160 g/mol. The smallest absolute Gasteiger partial charge is 0.330 e. The first-order valence-electron chi connectivity index (χ1n) is 3.39. The monoisotopic (exact) mass is 169 g/mol. The topological polar surface area (TPSA) is 66.4 Å². The molecule has 0 aliphatic rings. The van der Waals surface area contributed by atoms with Crippen LogP contribution in [0.15, 0.2) is 24.3 Å². The summed E-state index contributed by atoms with van der Waals surface area (Å²) in [5, 5.41) is 9.82. The highest BCUT2D eigenvalue weighted by Crippen LogP contribution is 1.82. The Morgan fingerprint density at radius 1 is 1.33 bits per heavy atom. The molecule has 0 aromatic carbocycles. The van der Waals surface area contributed by atoms with Gasteiger partial charge in [-0.3, -0.25) is 0 Å². The standard InChI is InChI=1S/C8H10O4/c1-2-12-8(11)6-4-3-5-7(9)10/h3-6H,2H2,1H3,(H,9,10)/p-1. The quantitative estimate of drug-likeness (QED) is 0.320. The van der Waals surface area contributed by atoms with Crippen molar-refractivity contribution in [1.29, 1.82) is 0 Å². The summed E-state index contributed by atoms with van der Waals surface area (Å²) in [4.78, 5) is 20.4. The van der Waals surface area contributed by atoms with Crippen molar-refractivity contribution in [2.24, 2.45) is 0 Å². The molecule has 0 unspecified atom stereocenters. The van der Waals surface area contributed by atoms with Crippen LogP contribution in [0.3, 0.4) is 0 Å². The first kappa shape index (κ1) is 10.4. The molecule has 4 heteroatoms. The van der Waals surface area contributed by atoms with Gasteiger partial charge >= 0.3 is 5.97 Å². The number of hydrogen-bond acceptors (Lipinski definition) is 4. The summed E-state index contributed by atoms with van der Waals surface area (Å²) < 4.78 is 4.53. The number of ether oxygens (including phenoxy) is 1. The summed E-state index contributed by atoms with van der Waals surface area (Å²) in [7, 11) is 0. The van der Waals surface area contributed by atoms with Crippen LogP contribution in [0.4, 0.5) is 0 Å². The van der Waals surface area contributed by atoms with E-state index in [0.717, 1.165) is 12.2 Å². The molecule has 0 saturated heterocycles. The van der Waals surface area contributed by atoms with Gasteiger partial charge in [0.2, 0.25) is 0 Å². The Hall–Kier alpha value is -1.58. The number of aliphatic carboxylic acids is 1. The lowest BCUT2D eigenvalue weighted by molar-refractivity contribution is -0.297. The SMILES string of the molecule is CCOC(=O)C=CC=CC(=O)[O-]. The molecule has 0 aliphatic carbocycles. The van der Waals surface area contributed by atoms with Crippen molar-refractivity contribution in [1.82, 2.24) is 0 Å². The van der Waals surface area contributed by atoms with Crippen LogP contribution in [0.25, 0.3) is 0 Å². The highest BCUT2D eigenvalue weighted by molar-refractivity contribution is 5.83. The molecule has 0 saturated carbocycles. The van der Waals surface area contributed by atoms with Gasteiger partial charge in [-0.1, -0.05) is 12.2 Å². The molecule has 0 N–H and O–H groups in total. The second-order valence-electron chi connectivity index (χ2n) is 1.79. The summed E-state index contributed by atoms with van der Waals surface area (Å²) in [5.41, 5.74) is 0. The highest BCUT2D eigenvalue weighted by Gasteiger charge is 1.89.